The molecule has 0 aromatic rings. The van der Waals surface area contributed by atoms with E-state index in [2.05, 4.69) is 20.8 Å². The van der Waals surface area contributed by atoms with Crippen LogP contribution in [0.15, 0.2) is 0 Å². The maximum Gasteiger partial charge on any atom is 0.0500 e. The normalized spacial score (nSPS) is 28.5. The van der Waals surface area contributed by atoms with Crippen LogP contribution in [0.4, 0.5) is 0 Å². The summed E-state index contributed by atoms with van der Waals surface area (Å²) >= 11 is 0. The lowest BCUT2D eigenvalue weighted by atomic mass is 9.85. The Bertz CT molecular complexity index is 99.2. The summed E-state index contributed by atoms with van der Waals surface area (Å²) in [6.45, 7) is 12.8. The van der Waals surface area contributed by atoms with Crippen LogP contribution in [0.25, 0.3) is 0 Å². The summed E-state index contributed by atoms with van der Waals surface area (Å²) in [6.07, 6.45) is 1.28. The highest BCUT2D eigenvalue weighted by atomic mass is 16.5. The zero-order valence-electron chi connectivity index (χ0n) is 9.26. The second-order valence-corrected chi connectivity index (χ2v) is 3.61. The van der Waals surface area contributed by atoms with Gasteiger partial charge in [-0.25, -0.2) is 0 Å². The first-order valence-corrected chi connectivity index (χ1v) is 5.33. The predicted molar refractivity (Wildman–Crippen MR) is 54.3 cm³/mol. The molecule has 2 atom stereocenters. The van der Waals surface area contributed by atoms with E-state index < -0.39 is 0 Å². The van der Waals surface area contributed by atoms with E-state index in [-0.39, 0.29) is 0 Å². The number of ether oxygens (including phenoxy) is 1. The van der Waals surface area contributed by atoms with E-state index in [1.165, 1.54) is 6.42 Å². The van der Waals surface area contributed by atoms with E-state index in [1.807, 2.05) is 13.8 Å². The molecule has 12 heavy (non-hydrogen) atoms. The molecule has 2 unspecified atom stereocenters. The van der Waals surface area contributed by atoms with Crippen LogP contribution < -0.4 is 0 Å². The fraction of sp³-hybridized carbons (Fsp3) is 1.00. The van der Waals surface area contributed by atoms with Crippen LogP contribution in [0.5, 0.6) is 0 Å². The summed E-state index contributed by atoms with van der Waals surface area (Å²) in [4.78, 5) is 0. The van der Waals surface area contributed by atoms with E-state index >= 15 is 0 Å². The van der Waals surface area contributed by atoms with Crippen molar-refractivity contribution in [2.24, 2.45) is 17.8 Å². The molecule has 0 spiro atoms. The summed E-state index contributed by atoms with van der Waals surface area (Å²) in [7, 11) is 0. The molecule has 1 fully saturated rings. The molecule has 1 heterocycles. The highest BCUT2D eigenvalue weighted by Crippen LogP contribution is 2.29. The molecule has 0 N–H and O–H groups in total. The minimum atomic E-state index is 0.799. The zero-order chi connectivity index (χ0) is 9.56. The Labute approximate surface area is 77.5 Å². The molecule has 74 valence electrons. The maximum atomic E-state index is 5.42. The minimum absolute atomic E-state index is 0.799. The van der Waals surface area contributed by atoms with Gasteiger partial charge in [0, 0.05) is 13.2 Å². The Morgan fingerprint density at radius 2 is 1.83 bits per heavy atom. The molecule has 1 rings (SSSR count). The molecule has 0 aromatic carbocycles. The van der Waals surface area contributed by atoms with Gasteiger partial charge in [0.1, 0.15) is 0 Å². The van der Waals surface area contributed by atoms with Gasteiger partial charge < -0.3 is 4.74 Å². The molecule has 0 radical (unpaired) electrons. The van der Waals surface area contributed by atoms with Crippen molar-refractivity contribution >= 4 is 0 Å². The predicted octanol–water partition coefficient (Wildman–Crippen LogP) is 3.34. The van der Waals surface area contributed by atoms with Crippen LogP contribution in [-0.4, -0.2) is 13.2 Å². The third kappa shape index (κ3) is 3.14. The number of rotatable bonds is 2. The van der Waals surface area contributed by atoms with Gasteiger partial charge in [-0.3, -0.25) is 0 Å². The highest BCUT2D eigenvalue weighted by molar-refractivity contribution is 4.76. The van der Waals surface area contributed by atoms with E-state index in [9.17, 15) is 0 Å². The van der Waals surface area contributed by atoms with Gasteiger partial charge in [-0.05, 0) is 17.8 Å². The smallest absolute Gasteiger partial charge is 0.0500 e. The van der Waals surface area contributed by atoms with Gasteiger partial charge in [0.2, 0.25) is 0 Å². The molecule has 1 saturated heterocycles. The van der Waals surface area contributed by atoms with Crippen molar-refractivity contribution in [3.05, 3.63) is 0 Å². The Morgan fingerprint density at radius 1 is 1.25 bits per heavy atom. The largest absolute Gasteiger partial charge is 0.381 e. The molecule has 1 aliphatic rings. The van der Waals surface area contributed by atoms with Gasteiger partial charge in [-0.15, -0.1) is 0 Å². The highest BCUT2D eigenvalue weighted by Gasteiger charge is 2.28. The standard InChI is InChI=1S/C9H18O.C2H6/c1-4-8-5-10-6-9(8)7(2)3;1-2/h7-9H,4-6H2,1-3H3;1-2H3. The fourth-order valence-corrected chi connectivity index (χ4v) is 1.77. The number of hydrogen-bond acceptors (Lipinski definition) is 1. The fourth-order valence-electron chi connectivity index (χ4n) is 1.77. The maximum absolute atomic E-state index is 5.42. The molecule has 0 amide bonds. The summed E-state index contributed by atoms with van der Waals surface area (Å²) in [5, 5.41) is 0. The first-order valence-electron chi connectivity index (χ1n) is 5.33. The van der Waals surface area contributed by atoms with Gasteiger partial charge in [-0.2, -0.15) is 0 Å². The third-order valence-electron chi connectivity index (χ3n) is 2.63. The SMILES string of the molecule is CC.CCC1COCC1C(C)C. The Morgan fingerprint density at radius 3 is 2.17 bits per heavy atom. The molecule has 0 bridgehead atoms. The van der Waals surface area contributed by atoms with Crippen LogP contribution in [0.2, 0.25) is 0 Å². The van der Waals surface area contributed by atoms with Crippen molar-refractivity contribution in [1.29, 1.82) is 0 Å². The molecular weight excluding hydrogens is 148 g/mol. The van der Waals surface area contributed by atoms with Gasteiger partial charge in [0.15, 0.2) is 0 Å². The Balaban J connectivity index is 0.000000561. The summed E-state index contributed by atoms with van der Waals surface area (Å²) in [5.41, 5.74) is 0. The molecule has 1 nitrogen and oxygen atoms in total. The first kappa shape index (κ1) is 12.0. The third-order valence-corrected chi connectivity index (χ3v) is 2.63. The molecule has 0 saturated carbocycles. The zero-order valence-corrected chi connectivity index (χ0v) is 9.26. The molecular formula is C11H24O. The molecule has 0 aromatic heterocycles. The van der Waals surface area contributed by atoms with Gasteiger partial charge in [0.25, 0.3) is 0 Å². The van der Waals surface area contributed by atoms with Crippen molar-refractivity contribution < 1.29 is 4.74 Å². The second kappa shape index (κ2) is 6.47. The van der Waals surface area contributed by atoms with E-state index in [1.54, 1.807) is 0 Å². The van der Waals surface area contributed by atoms with Gasteiger partial charge >= 0.3 is 0 Å². The van der Waals surface area contributed by atoms with Crippen molar-refractivity contribution in [2.75, 3.05) is 13.2 Å². The van der Waals surface area contributed by atoms with Crippen LogP contribution in [-0.2, 0) is 4.74 Å². The van der Waals surface area contributed by atoms with Crippen molar-refractivity contribution in [2.45, 2.75) is 41.0 Å². The first-order chi connectivity index (χ1) is 5.75. The van der Waals surface area contributed by atoms with Crippen LogP contribution >= 0.6 is 0 Å². The van der Waals surface area contributed by atoms with Gasteiger partial charge in [-0.1, -0.05) is 41.0 Å². The molecule has 0 aliphatic carbocycles. The summed E-state index contributed by atoms with van der Waals surface area (Å²) < 4.78 is 5.42. The Hall–Kier alpha value is -0.0400. The molecule has 1 heteroatoms. The molecule has 1 aliphatic heterocycles. The van der Waals surface area contributed by atoms with Crippen LogP contribution in [0.3, 0.4) is 0 Å². The van der Waals surface area contributed by atoms with Crippen molar-refractivity contribution in [3.63, 3.8) is 0 Å². The van der Waals surface area contributed by atoms with E-state index in [4.69, 9.17) is 4.74 Å². The van der Waals surface area contributed by atoms with Gasteiger partial charge in [0.05, 0.1) is 0 Å². The lowest BCUT2D eigenvalue weighted by Crippen LogP contribution is -2.17. The van der Waals surface area contributed by atoms with Crippen molar-refractivity contribution in [3.8, 4) is 0 Å². The van der Waals surface area contributed by atoms with Crippen LogP contribution in [0, 0.1) is 17.8 Å². The lowest BCUT2D eigenvalue weighted by Gasteiger charge is -2.18. The van der Waals surface area contributed by atoms with E-state index in [0.717, 1.165) is 31.0 Å². The van der Waals surface area contributed by atoms with E-state index in [0.29, 0.717) is 0 Å². The monoisotopic (exact) mass is 172 g/mol. The number of hydrogen-bond donors (Lipinski definition) is 0. The lowest BCUT2D eigenvalue weighted by molar-refractivity contribution is 0.174. The average molecular weight is 172 g/mol. The van der Waals surface area contributed by atoms with Crippen LogP contribution in [0.1, 0.15) is 41.0 Å². The quantitative estimate of drug-likeness (QED) is 0.620. The summed E-state index contributed by atoms with van der Waals surface area (Å²) in [6, 6.07) is 0. The minimum Gasteiger partial charge on any atom is -0.381 e. The average Bonchev–Trinajstić information content (AvgIpc) is 2.55. The second-order valence-electron chi connectivity index (χ2n) is 3.61. The summed E-state index contributed by atoms with van der Waals surface area (Å²) in [5.74, 6) is 2.46. The topological polar surface area (TPSA) is 9.23 Å². The van der Waals surface area contributed by atoms with Crippen molar-refractivity contribution in [1.82, 2.24) is 0 Å². The Kier molecular flexibility index (Phi) is 6.45.